The molecule has 2 saturated heterocycles. The molecular formula is C16H29NO2S. The number of rotatable bonds is 4. The van der Waals surface area contributed by atoms with Crippen molar-refractivity contribution in [1.29, 1.82) is 0 Å². The van der Waals surface area contributed by atoms with Crippen LogP contribution in [0.5, 0.6) is 0 Å². The quantitative estimate of drug-likeness (QED) is 0.836. The van der Waals surface area contributed by atoms with Crippen LogP contribution >= 0.6 is 11.8 Å². The largest absolute Gasteiger partial charge is 0.396 e. The van der Waals surface area contributed by atoms with Gasteiger partial charge < -0.3 is 15.2 Å². The zero-order chi connectivity index (χ0) is 13.8. The van der Waals surface area contributed by atoms with Crippen LogP contribution in [0.4, 0.5) is 0 Å². The van der Waals surface area contributed by atoms with E-state index in [0.717, 1.165) is 19.6 Å². The van der Waals surface area contributed by atoms with E-state index in [9.17, 15) is 5.11 Å². The number of hydrogen-bond acceptors (Lipinski definition) is 4. The highest BCUT2D eigenvalue weighted by atomic mass is 32.2. The van der Waals surface area contributed by atoms with Crippen LogP contribution in [0.15, 0.2) is 0 Å². The molecule has 1 saturated carbocycles. The van der Waals surface area contributed by atoms with Crippen LogP contribution in [-0.4, -0.2) is 48.0 Å². The molecule has 0 aromatic heterocycles. The molecule has 116 valence electrons. The van der Waals surface area contributed by atoms with Crippen LogP contribution < -0.4 is 5.32 Å². The number of aliphatic hydroxyl groups is 1. The molecule has 0 bridgehead atoms. The highest BCUT2D eigenvalue weighted by Crippen LogP contribution is 2.38. The third-order valence-corrected chi connectivity index (χ3v) is 6.60. The molecule has 2 N–H and O–H groups in total. The standard InChI is InChI=1S/C16H29NO2S/c18-12-14-3-1-2-13(14)11-17-15-4-7-19-16(10-15)5-8-20-9-6-16/h13-15,17-18H,1-12H2. The zero-order valence-corrected chi connectivity index (χ0v) is 13.3. The molecule has 4 heteroatoms. The summed E-state index contributed by atoms with van der Waals surface area (Å²) in [5, 5.41) is 13.2. The van der Waals surface area contributed by atoms with Gasteiger partial charge in [-0.2, -0.15) is 11.8 Å². The molecule has 3 rings (SSSR count). The van der Waals surface area contributed by atoms with Gasteiger partial charge in [-0.1, -0.05) is 6.42 Å². The fourth-order valence-corrected chi connectivity index (χ4v) is 5.47. The molecule has 3 nitrogen and oxygen atoms in total. The van der Waals surface area contributed by atoms with Gasteiger partial charge in [0.15, 0.2) is 0 Å². The molecule has 0 aromatic carbocycles. The van der Waals surface area contributed by atoms with E-state index < -0.39 is 0 Å². The molecule has 3 fully saturated rings. The Kier molecular flexibility index (Phi) is 5.29. The average molecular weight is 299 g/mol. The Hall–Kier alpha value is 0.230. The number of ether oxygens (including phenoxy) is 1. The normalized spacial score (nSPS) is 37.4. The van der Waals surface area contributed by atoms with Crippen LogP contribution in [0, 0.1) is 11.8 Å². The fraction of sp³-hybridized carbons (Fsp3) is 1.00. The summed E-state index contributed by atoms with van der Waals surface area (Å²) in [6, 6.07) is 0.631. The third kappa shape index (κ3) is 3.52. The van der Waals surface area contributed by atoms with Gasteiger partial charge >= 0.3 is 0 Å². The predicted molar refractivity (Wildman–Crippen MR) is 84.2 cm³/mol. The van der Waals surface area contributed by atoms with Crippen LogP contribution in [0.1, 0.15) is 44.9 Å². The van der Waals surface area contributed by atoms with Gasteiger partial charge in [0, 0.05) is 19.3 Å². The lowest BCUT2D eigenvalue weighted by Gasteiger charge is -2.43. The van der Waals surface area contributed by atoms with Crippen molar-refractivity contribution in [2.45, 2.75) is 56.6 Å². The molecule has 3 aliphatic rings. The van der Waals surface area contributed by atoms with Gasteiger partial charge in [0.25, 0.3) is 0 Å². The topological polar surface area (TPSA) is 41.5 Å². The van der Waals surface area contributed by atoms with E-state index in [1.807, 2.05) is 0 Å². The van der Waals surface area contributed by atoms with Gasteiger partial charge in [-0.05, 0) is 68.4 Å². The maximum Gasteiger partial charge on any atom is 0.0713 e. The van der Waals surface area contributed by atoms with Gasteiger partial charge in [0.2, 0.25) is 0 Å². The average Bonchev–Trinajstić information content (AvgIpc) is 2.93. The molecular weight excluding hydrogens is 270 g/mol. The van der Waals surface area contributed by atoms with Crippen LogP contribution in [0.3, 0.4) is 0 Å². The van der Waals surface area contributed by atoms with E-state index in [-0.39, 0.29) is 5.60 Å². The van der Waals surface area contributed by atoms with Crippen molar-refractivity contribution >= 4 is 11.8 Å². The fourth-order valence-electron chi connectivity index (χ4n) is 4.23. The van der Waals surface area contributed by atoms with Crippen molar-refractivity contribution < 1.29 is 9.84 Å². The summed E-state index contributed by atoms with van der Waals surface area (Å²) in [6.45, 7) is 2.40. The first-order valence-corrected chi connectivity index (χ1v) is 9.53. The summed E-state index contributed by atoms with van der Waals surface area (Å²) in [6.07, 6.45) is 8.64. The van der Waals surface area contributed by atoms with Crippen molar-refractivity contribution in [3.8, 4) is 0 Å². The van der Waals surface area contributed by atoms with E-state index in [1.165, 1.54) is 50.0 Å². The SMILES string of the molecule is OCC1CCCC1CNC1CCOC2(CCSCC2)C1. The van der Waals surface area contributed by atoms with Crippen LogP contribution in [0.25, 0.3) is 0 Å². The maximum absolute atomic E-state index is 9.42. The molecule has 0 aromatic rings. The van der Waals surface area contributed by atoms with Crippen molar-refractivity contribution in [3.63, 3.8) is 0 Å². The van der Waals surface area contributed by atoms with Crippen molar-refractivity contribution in [2.75, 3.05) is 31.3 Å². The zero-order valence-electron chi connectivity index (χ0n) is 12.5. The highest BCUT2D eigenvalue weighted by Gasteiger charge is 2.39. The Balaban J connectivity index is 1.47. The minimum Gasteiger partial charge on any atom is -0.396 e. The number of nitrogens with one attached hydrogen (secondary N) is 1. The van der Waals surface area contributed by atoms with E-state index in [0.29, 0.717) is 24.5 Å². The van der Waals surface area contributed by atoms with Gasteiger partial charge in [0.1, 0.15) is 0 Å². The monoisotopic (exact) mass is 299 g/mol. The molecule has 1 aliphatic carbocycles. The first kappa shape index (κ1) is 15.1. The second kappa shape index (κ2) is 6.99. The lowest BCUT2D eigenvalue weighted by molar-refractivity contribution is -0.0935. The summed E-state index contributed by atoms with van der Waals surface area (Å²) in [7, 11) is 0. The number of aliphatic hydroxyl groups excluding tert-OH is 1. The third-order valence-electron chi connectivity index (χ3n) is 5.62. The molecule has 0 amide bonds. The molecule has 20 heavy (non-hydrogen) atoms. The van der Waals surface area contributed by atoms with Crippen LogP contribution in [-0.2, 0) is 4.74 Å². The molecule has 0 radical (unpaired) electrons. The maximum atomic E-state index is 9.42. The Morgan fingerprint density at radius 3 is 2.75 bits per heavy atom. The summed E-state index contributed by atoms with van der Waals surface area (Å²) in [5.74, 6) is 3.77. The van der Waals surface area contributed by atoms with E-state index >= 15 is 0 Å². The highest BCUT2D eigenvalue weighted by molar-refractivity contribution is 7.99. The molecule has 2 heterocycles. The van der Waals surface area contributed by atoms with E-state index in [2.05, 4.69) is 17.1 Å². The minimum absolute atomic E-state index is 0.188. The summed E-state index contributed by atoms with van der Waals surface area (Å²) in [5.41, 5.74) is 0.188. The Morgan fingerprint density at radius 2 is 1.95 bits per heavy atom. The molecule has 1 spiro atoms. The Morgan fingerprint density at radius 1 is 1.15 bits per heavy atom. The lowest BCUT2D eigenvalue weighted by atomic mass is 9.85. The van der Waals surface area contributed by atoms with Crippen molar-refractivity contribution in [3.05, 3.63) is 0 Å². The van der Waals surface area contributed by atoms with Crippen LogP contribution in [0.2, 0.25) is 0 Å². The molecule has 3 atom stereocenters. The first-order valence-electron chi connectivity index (χ1n) is 8.37. The van der Waals surface area contributed by atoms with Crippen molar-refractivity contribution in [2.24, 2.45) is 11.8 Å². The smallest absolute Gasteiger partial charge is 0.0713 e. The second-order valence-electron chi connectivity index (χ2n) is 6.88. The summed E-state index contributed by atoms with van der Waals surface area (Å²) >= 11 is 2.07. The van der Waals surface area contributed by atoms with Gasteiger partial charge in [0.05, 0.1) is 5.60 Å². The lowest BCUT2D eigenvalue weighted by Crippen LogP contribution is -2.49. The van der Waals surface area contributed by atoms with Crippen molar-refractivity contribution in [1.82, 2.24) is 5.32 Å². The minimum atomic E-state index is 0.188. The summed E-state index contributed by atoms with van der Waals surface area (Å²) in [4.78, 5) is 0. The van der Waals surface area contributed by atoms with E-state index in [4.69, 9.17) is 4.74 Å². The molecule has 3 unspecified atom stereocenters. The van der Waals surface area contributed by atoms with E-state index in [1.54, 1.807) is 0 Å². The summed E-state index contributed by atoms with van der Waals surface area (Å²) < 4.78 is 6.16. The number of thioether (sulfide) groups is 1. The molecule has 2 aliphatic heterocycles. The van der Waals surface area contributed by atoms with Gasteiger partial charge in [-0.25, -0.2) is 0 Å². The number of hydrogen-bond donors (Lipinski definition) is 2. The Labute approximate surface area is 127 Å². The second-order valence-corrected chi connectivity index (χ2v) is 8.10. The van der Waals surface area contributed by atoms with Gasteiger partial charge in [-0.3, -0.25) is 0 Å². The Bertz CT molecular complexity index is 301. The predicted octanol–water partition coefficient (Wildman–Crippen LogP) is 2.43. The van der Waals surface area contributed by atoms with Gasteiger partial charge in [-0.15, -0.1) is 0 Å². The first-order chi connectivity index (χ1) is 9.81.